The third kappa shape index (κ3) is 1.86. The van der Waals surface area contributed by atoms with Crippen LogP contribution in [0.4, 0.5) is 5.69 Å². The third-order valence-corrected chi connectivity index (χ3v) is 4.34. The second kappa shape index (κ2) is 4.90. The number of amides is 1. The van der Waals surface area contributed by atoms with E-state index >= 15 is 0 Å². The molecule has 0 bridgehead atoms. The maximum Gasteiger partial charge on any atom is 0.247 e. The fourth-order valence-electron chi connectivity index (χ4n) is 2.88. The quantitative estimate of drug-likeness (QED) is 0.865. The Morgan fingerprint density at radius 2 is 1.91 bits per heavy atom. The van der Waals surface area contributed by atoms with Crippen LogP contribution in [0.2, 0.25) is 5.02 Å². The van der Waals surface area contributed by atoms with Gasteiger partial charge in [0, 0.05) is 16.8 Å². The molecule has 1 fully saturated rings. The van der Waals surface area contributed by atoms with Crippen LogP contribution in [0.5, 0.6) is 11.5 Å². The normalized spacial score (nSPS) is 22.6. The summed E-state index contributed by atoms with van der Waals surface area (Å²) in [4.78, 5) is 13.9. The number of carbonyl (C=O) groups is 1. The number of benzene rings is 2. The lowest BCUT2D eigenvalue weighted by Crippen LogP contribution is -2.63. The smallest absolute Gasteiger partial charge is 0.247 e. The van der Waals surface area contributed by atoms with Gasteiger partial charge >= 0.3 is 0 Å². The Balaban J connectivity index is 1.74. The third-order valence-electron chi connectivity index (χ3n) is 4.00. The second-order valence-electron chi connectivity index (χ2n) is 5.24. The fraction of sp³-hybridized carbons (Fsp3) is 0.188. The molecule has 2 aliphatic rings. The number of nitrogens with two attached hydrogens (primary N) is 1. The van der Waals surface area contributed by atoms with E-state index < -0.39 is 6.04 Å². The molecule has 5 nitrogen and oxygen atoms in total. The van der Waals surface area contributed by atoms with E-state index in [9.17, 15) is 4.79 Å². The molecule has 1 saturated heterocycles. The van der Waals surface area contributed by atoms with E-state index in [1.165, 1.54) is 0 Å². The summed E-state index contributed by atoms with van der Waals surface area (Å²) in [6, 6.07) is 11.9. The van der Waals surface area contributed by atoms with Gasteiger partial charge in [-0.25, -0.2) is 0 Å². The van der Waals surface area contributed by atoms with Gasteiger partial charge in [0.1, 0.15) is 6.04 Å². The first-order valence-corrected chi connectivity index (χ1v) is 7.27. The molecule has 2 atom stereocenters. The summed E-state index contributed by atoms with van der Waals surface area (Å²) in [5, 5.41) is 0.598. The lowest BCUT2D eigenvalue weighted by Gasteiger charge is -2.45. The van der Waals surface area contributed by atoms with Crippen molar-refractivity contribution < 1.29 is 14.3 Å². The molecule has 2 N–H and O–H groups in total. The summed E-state index contributed by atoms with van der Waals surface area (Å²) in [5.41, 5.74) is 7.57. The highest BCUT2D eigenvalue weighted by molar-refractivity contribution is 6.31. The summed E-state index contributed by atoms with van der Waals surface area (Å²) in [5.74, 6) is 1.17. The number of hydrogen-bond donors (Lipinski definition) is 1. The predicted molar refractivity (Wildman–Crippen MR) is 82.2 cm³/mol. The Hall–Kier alpha value is -2.24. The summed E-state index contributed by atoms with van der Waals surface area (Å²) in [6.45, 7) is 0.195. The Bertz CT molecular complexity index is 765. The summed E-state index contributed by atoms with van der Waals surface area (Å²) >= 11 is 6.25. The molecule has 0 radical (unpaired) electrons. The molecule has 2 aromatic rings. The zero-order valence-corrected chi connectivity index (χ0v) is 12.3. The number of anilines is 1. The highest BCUT2D eigenvalue weighted by Gasteiger charge is 2.47. The Labute approximate surface area is 132 Å². The van der Waals surface area contributed by atoms with Crippen LogP contribution in [-0.2, 0) is 4.79 Å². The van der Waals surface area contributed by atoms with Crippen LogP contribution in [-0.4, -0.2) is 18.7 Å². The number of fused-ring (bicyclic) bond motifs is 1. The largest absolute Gasteiger partial charge is 0.454 e. The number of nitrogens with zero attached hydrogens (tertiary/aromatic N) is 1. The van der Waals surface area contributed by atoms with E-state index in [0.29, 0.717) is 16.5 Å². The zero-order chi connectivity index (χ0) is 15.3. The van der Waals surface area contributed by atoms with Crippen LogP contribution in [0, 0.1) is 0 Å². The number of rotatable bonds is 2. The summed E-state index contributed by atoms with van der Waals surface area (Å²) in [7, 11) is 0. The van der Waals surface area contributed by atoms with E-state index in [-0.39, 0.29) is 18.7 Å². The summed E-state index contributed by atoms with van der Waals surface area (Å²) in [6.07, 6.45) is 0. The number of β-lactam (4-membered cyclic amide) rings is 1. The Morgan fingerprint density at radius 3 is 2.73 bits per heavy atom. The minimum Gasteiger partial charge on any atom is -0.454 e. The van der Waals surface area contributed by atoms with Gasteiger partial charge in [0.05, 0.1) is 6.04 Å². The van der Waals surface area contributed by atoms with E-state index in [1.54, 1.807) is 23.1 Å². The average molecular weight is 317 g/mol. The highest BCUT2D eigenvalue weighted by Crippen LogP contribution is 2.43. The molecule has 1 amide bonds. The van der Waals surface area contributed by atoms with E-state index in [1.807, 2.05) is 24.3 Å². The molecule has 0 spiro atoms. The first kappa shape index (κ1) is 13.4. The van der Waals surface area contributed by atoms with Gasteiger partial charge in [-0.1, -0.05) is 29.8 Å². The molecule has 0 unspecified atom stereocenters. The van der Waals surface area contributed by atoms with Gasteiger partial charge < -0.3 is 20.1 Å². The molecule has 0 aromatic heterocycles. The van der Waals surface area contributed by atoms with Gasteiger partial charge in [0.15, 0.2) is 11.5 Å². The predicted octanol–water partition coefficient (Wildman–Crippen LogP) is 2.48. The lowest BCUT2D eigenvalue weighted by atomic mass is 9.88. The highest BCUT2D eigenvalue weighted by atomic mass is 35.5. The van der Waals surface area contributed by atoms with Crippen LogP contribution in [0.3, 0.4) is 0 Å². The molecule has 6 heteroatoms. The summed E-state index contributed by atoms with van der Waals surface area (Å²) < 4.78 is 10.7. The van der Waals surface area contributed by atoms with E-state index in [4.69, 9.17) is 26.8 Å². The van der Waals surface area contributed by atoms with Gasteiger partial charge in [-0.3, -0.25) is 4.79 Å². The SMILES string of the molecule is N[C@H]1C(=O)N(c2ccc3c(c2)OCO3)[C@H]1c1ccccc1Cl. The number of hydrogen-bond acceptors (Lipinski definition) is 4. The van der Waals surface area contributed by atoms with Gasteiger partial charge in [0.25, 0.3) is 0 Å². The van der Waals surface area contributed by atoms with Crippen molar-refractivity contribution in [3.05, 3.63) is 53.1 Å². The van der Waals surface area contributed by atoms with Crippen molar-refractivity contribution in [3.63, 3.8) is 0 Å². The maximum atomic E-state index is 12.2. The molecule has 0 saturated carbocycles. The van der Waals surface area contributed by atoms with Crippen LogP contribution >= 0.6 is 11.6 Å². The van der Waals surface area contributed by atoms with Gasteiger partial charge in [-0.05, 0) is 23.8 Å². The number of ether oxygens (including phenoxy) is 2. The molecule has 0 aliphatic carbocycles. The lowest BCUT2D eigenvalue weighted by molar-refractivity contribution is -0.126. The molecule has 22 heavy (non-hydrogen) atoms. The topological polar surface area (TPSA) is 64.8 Å². The minimum absolute atomic E-state index is 0.135. The van der Waals surface area contributed by atoms with Crippen molar-refractivity contribution >= 4 is 23.2 Å². The van der Waals surface area contributed by atoms with Crippen LogP contribution in [0.15, 0.2) is 42.5 Å². The van der Waals surface area contributed by atoms with Crippen molar-refractivity contribution in [1.82, 2.24) is 0 Å². The molecular formula is C16H13ClN2O3. The van der Waals surface area contributed by atoms with Crippen molar-refractivity contribution in [2.24, 2.45) is 5.73 Å². The van der Waals surface area contributed by atoms with Gasteiger partial charge in [-0.15, -0.1) is 0 Å². The molecule has 2 heterocycles. The van der Waals surface area contributed by atoms with Gasteiger partial charge in [-0.2, -0.15) is 0 Å². The Kier molecular flexibility index (Phi) is 2.99. The second-order valence-corrected chi connectivity index (χ2v) is 5.65. The van der Waals surface area contributed by atoms with Crippen LogP contribution in [0.25, 0.3) is 0 Å². The standard InChI is InChI=1S/C16H13ClN2O3/c17-11-4-2-1-3-10(11)15-14(18)16(20)19(15)9-5-6-12-13(7-9)22-8-21-12/h1-7,14-15H,8,18H2/t14-,15+/m1/s1. The van der Waals surface area contributed by atoms with Crippen LogP contribution in [0.1, 0.15) is 11.6 Å². The average Bonchev–Trinajstić information content (AvgIpc) is 3.00. The first-order chi connectivity index (χ1) is 10.7. The maximum absolute atomic E-state index is 12.2. The molecule has 4 rings (SSSR count). The van der Waals surface area contributed by atoms with Crippen molar-refractivity contribution in [3.8, 4) is 11.5 Å². The Morgan fingerprint density at radius 1 is 1.14 bits per heavy atom. The van der Waals surface area contributed by atoms with E-state index in [2.05, 4.69) is 0 Å². The number of halogens is 1. The van der Waals surface area contributed by atoms with Crippen LogP contribution < -0.4 is 20.1 Å². The van der Waals surface area contributed by atoms with Crippen molar-refractivity contribution in [2.45, 2.75) is 12.1 Å². The monoisotopic (exact) mass is 316 g/mol. The first-order valence-electron chi connectivity index (χ1n) is 6.89. The minimum atomic E-state index is -0.592. The zero-order valence-electron chi connectivity index (χ0n) is 11.5. The van der Waals surface area contributed by atoms with Gasteiger partial charge in [0.2, 0.25) is 12.7 Å². The molecular weight excluding hydrogens is 304 g/mol. The molecule has 2 aromatic carbocycles. The van der Waals surface area contributed by atoms with E-state index in [0.717, 1.165) is 11.3 Å². The molecule has 112 valence electrons. The van der Waals surface area contributed by atoms with Crippen molar-refractivity contribution in [2.75, 3.05) is 11.7 Å². The molecule has 2 aliphatic heterocycles. The fourth-order valence-corrected chi connectivity index (χ4v) is 3.13. The number of carbonyl (C=O) groups excluding carboxylic acids is 1. The van der Waals surface area contributed by atoms with Crippen molar-refractivity contribution in [1.29, 1.82) is 0 Å².